The summed E-state index contributed by atoms with van der Waals surface area (Å²) in [6, 6.07) is 4.39. The number of likely N-dealkylation sites (tertiary alicyclic amines) is 1. The van der Waals surface area contributed by atoms with E-state index >= 15 is 0 Å². The van der Waals surface area contributed by atoms with E-state index in [0.717, 1.165) is 18.9 Å². The molecule has 3 rings (SSSR count). The van der Waals surface area contributed by atoms with E-state index in [0.29, 0.717) is 5.92 Å². The van der Waals surface area contributed by atoms with E-state index in [1.165, 1.54) is 18.4 Å². The maximum atomic E-state index is 9.61. The molecule has 3 heterocycles. The minimum Gasteiger partial charge on any atom is -0.395 e. The number of hydrogen-bond acceptors (Lipinski definition) is 4. The summed E-state index contributed by atoms with van der Waals surface area (Å²) >= 11 is 0. The highest BCUT2D eigenvalue weighted by Gasteiger charge is 2.27. The number of nitrogens with zero attached hydrogens (tertiary/aromatic N) is 4. The Kier molecular flexibility index (Phi) is 4.31. The number of imidazole rings is 1. The third-order valence-electron chi connectivity index (χ3n) is 4.38. The topological polar surface area (TPSA) is 54.2 Å². The molecule has 1 saturated heterocycles. The molecule has 2 atom stereocenters. The summed E-state index contributed by atoms with van der Waals surface area (Å²) in [4.78, 5) is 10.9. The van der Waals surface area contributed by atoms with Crippen molar-refractivity contribution in [2.75, 3.05) is 13.2 Å². The van der Waals surface area contributed by atoms with Crippen LogP contribution in [-0.2, 0) is 6.54 Å². The lowest BCUT2D eigenvalue weighted by molar-refractivity contribution is 0.0472. The standard InChI is InChI=1S/C16H22N4O/c1-13-3-2-7-19(15(13)11-21)10-14-4-5-16(18-9-14)20-8-6-17-12-20/h4-6,8-9,12-13,15,21H,2-3,7,10-11H2,1H3. The van der Waals surface area contributed by atoms with Crippen LogP contribution in [0.15, 0.2) is 37.1 Å². The summed E-state index contributed by atoms with van der Waals surface area (Å²) in [7, 11) is 0. The maximum Gasteiger partial charge on any atom is 0.137 e. The first kappa shape index (κ1) is 14.2. The Balaban J connectivity index is 1.70. The van der Waals surface area contributed by atoms with Crippen molar-refractivity contribution in [3.05, 3.63) is 42.6 Å². The molecule has 2 aromatic heterocycles. The van der Waals surface area contributed by atoms with E-state index in [2.05, 4.69) is 27.9 Å². The van der Waals surface area contributed by atoms with Crippen LogP contribution in [0.4, 0.5) is 0 Å². The van der Waals surface area contributed by atoms with Crippen molar-refractivity contribution in [1.82, 2.24) is 19.4 Å². The number of pyridine rings is 1. The van der Waals surface area contributed by atoms with E-state index in [1.807, 2.05) is 23.0 Å². The molecule has 5 nitrogen and oxygen atoms in total. The van der Waals surface area contributed by atoms with E-state index in [-0.39, 0.29) is 12.6 Å². The second-order valence-corrected chi connectivity index (χ2v) is 5.83. The molecule has 112 valence electrons. The summed E-state index contributed by atoms with van der Waals surface area (Å²) in [5.74, 6) is 1.43. The minimum atomic E-state index is 0.238. The third-order valence-corrected chi connectivity index (χ3v) is 4.38. The van der Waals surface area contributed by atoms with Gasteiger partial charge in [-0.25, -0.2) is 9.97 Å². The Labute approximate surface area is 125 Å². The van der Waals surface area contributed by atoms with Crippen LogP contribution in [0.1, 0.15) is 25.3 Å². The van der Waals surface area contributed by atoms with Crippen LogP contribution in [-0.4, -0.2) is 43.7 Å². The Morgan fingerprint density at radius 3 is 2.95 bits per heavy atom. The molecule has 2 unspecified atom stereocenters. The van der Waals surface area contributed by atoms with Crippen molar-refractivity contribution in [2.45, 2.75) is 32.4 Å². The van der Waals surface area contributed by atoms with Crippen molar-refractivity contribution >= 4 is 0 Å². The molecule has 0 saturated carbocycles. The molecule has 1 aliphatic heterocycles. The number of aliphatic hydroxyl groups excluding tert-OH is 1. The van der Waals surface area contributed by atoms with Gasteiger partial charge in [0.25, 0.3) is 0 Å². The molecule has 0 aliphatic carbocycles. The van der Waals surface area contributed by atoms with Crippen LogP contribution in [0, 0.1) is 5.92 Å². The predicted molar refractivity (Wildman–Crippen MR) is 81.0 cm³/mol. The van der Waals surface area contributed by atoms with Crippen molar-refractivity contribution in [1.29, 1.82) is 0 Å². The Morgan fingerprint density at radius 2 is 2.29 bits per heavy atom. The minimum absolute atomic E-state index is 0.238. The molecule has 21 heavy (non-hydrogen) atoms. The van der Waals surface area contributed by atoms with Gasteiger partial charge in [-0.2, -0.15) is 0 Å². The van der Waals surface area contributed by atoms with Crippen molar-refractivity contribution in [2.24, 2.45) is 5.92 Å². The van der Waals surface area contributed by atoms with Gasteiger partial charge in [-0.3, -0.25) is 9.47 Å². The summed E-state index contributed by atoms with van der Waals surface area (Å²) < 4.78 is 1.89. The Hall–Kier alpha value is -1.72. The summed E-state index contributed by atoms with van der Waals surface area (Å²) in [5.41, 5.74) is 1.19. The normalized spacial score (nSPS) is 23.3. The van der Waals surface area contributed by atoms with Crippen LogP contribution in [0.3, 0.4) is 0 Å². The number of hydrogen-bond donors (Lipinski definition) is 1. The molecule has 5 heteroatoms. The summed E-state index contributed by atoms with van der Waals surface area (Å²) in [5, 5.41) is 9.61. The number of rotatable bonds is 4. The summed E-state index contributed by atoms with van der Waals surface area (Å²) in [6.45, 7) is 4.38. The van der Waals surface area contributed by atoms with Crippen molar-refractivity contribution in [3.63, 3.8) is 0 Å². The monoisotopic (exact) mass is 286 g/mol. The highest BCUT2D eigenvalue weighted by Crippen LogP contribution is 2.24. The Morgan fingerprint density at radius 1 is 1.38 bits per heavy atom. The average Bonchev–Trinajstić information content (AvgIpc) is 3.03. The van der Waals surface area contributed by atoms with Crippen LogP contribution < -0.4 is 0 Å². The van der Waals surface area contributed by atoms with Gasteiger partial charge in [-0.1, -0.05) is 13.0 Å². The zero-order valence-electron chi connectivity index (χ0n) is 12.4. The molecule has 0 aromatic carbocycles. The van der Waals surface area contributed by atoms with Crippen LogP contribution >= 0.6 is 0 Å². The quantitative estimate of drug-likeness (QED) is 0.932. The lowest BCUT2D eigenvalue weighted by atomic mass is 9.91. The highest BCUT2D eigenvalue weighted by atomic mass is 16.3. The average molecular weight is 286 g/mol. The maximum absolute atomic E-state index is 9.61. The molecule has 1 aliphatic rings. The zero-order chi connectivity index (χ0) is 14.7. The van der Waals surface area contributed by atoms with Crippen molar-refractivity contribution < 1.29 is 5.11 Å². The fourth-order valence-corrected chi connectivity index (χ4v) is 3.12. The first-order valence-electron chi connectivity index (χ1n) is 7.56. The fourth-order valence-electron chi connectivity index (χ4n) is 3.12. The van der Waals surface area contributed by atoms with Gasteiger partial charge in [0.1, 0.15) is 12.1 Å². The number of aliphatic hydroxyl groups is 1. The molecule has 0 bridgehead atoms. The number of piperidine rings is 1. The molecular weight excluding hydrogens is 264 g/mol. The van der Waals surface area contributed by atoms with Crippen molar-refractivity contribution in [3.8, 4) is 5.82 Å². The second kappa shape index (κ2) is 6.37. The first-order chi connectivity index (χ1) is 10.3. The van der Waals surface area contributed by atoms with E-state index < -0.39 is 0 Å². The van der Waals surface area contributed by atoms with Gasteiger partial charge >= 0.3 is 0 Å². The molecule has 2 aromatic rings. The summed E-state index contributed by atoms with van der Waals surface area (Å²) in [6.07, 6.45) is 9.71. The van der Waals surface area contributed by atoms with Crippen LogP contribution in [0.2, 0.25) is 0 Å². The molecule has 1 N–H and O–H groups in total. The molecular formula is C16H22N4O. The van der Waals surface area contributed by atoms with Gasteiger partial charge in [0.15, 0.2) is 0 Å². The van der Waals surface area contributed by atoms with E-state index in [9.17, 15) is 5.11 Å². The number of aromatic nitrogens is 3. The van der Waals surface area contributed by atoms with E-state index in [4.69, 9.17) is 0 Å². The first-order valence-corrected chi connectivity index (χ1v) is 7.56. The lowest BCUT2D eigenvalue weighted by Crippen LogP contribution is -2.45. The highest BCUT2D eigenvalue weighted by molar-refractivity contribution is 5.25. The molecule has 1 fully saturated rings. The molecule has 0 amide bonds. The zero-order valence-corrected chi connectivity index (χ0v) is 12.4. The predicted octanol–water partition coefficient (Wildman–Crippen LogP) is 1.86. The smallest absolute Gasteiger partial charge is 0.137 e. The molecule has 0 radical (unpaired) electrons. The van der Waals surface area contributed by atoms with Gasteiger partial charge in [-0.05, 0) is 36.9 Å². The van der Waals surface area contributed by atoms with Gasteiger partial charge in [0.2, 0.25) is 0 Å². The second-order valence-electron chi connectivity index (χ2n) is 5.83. The lowest BCUT2D eigenvalue weighted by Gasteiger charge is -2.39. The van der Waals surface area contributed by atoms with Crippen LogP contribution in [0.25, 0.3) is 5.82 Å². The van der Waals surface area contributed by atoms with Gasteiger partial charge in [0, 0.05) is 31.2 Å². The van der Waals surface area contributed by atoms with Crippen LogP contribution in [0.5, 0.6) is 0 Å². The molecule has 0 spiro atoms. The third kappa shape index (κ3) is 3.14. The largest absolute Gasteiger partial charge is 0.395 e. The Bertz CT molecular complexity index is 552. The fraction of sp³-hybridized carbons (Fsp3) is 0.500. The van der Waals surface area contributed by atoms with Gasteiger partial charge in [-0.15, -0.1) is 0 Å². The van der Waals surface area contributed by atoms with Gasteiger partial charge in [0.05, 0.1) is 6.61 Å². The van der Waals surface area contributed by atoms with Gasteiger partial charge < -0.3 is 5.11 Å². The van der Waals surface area contributed by atoms with E-state index in [1.54, 1.807) is 12.5 Å². The SMILES string of the molecule is CC1CCCN(Cc2ccc(-n3ccnc3)nc2)C1CO.